The molecule has 1 aliphatic heterocycles. The number of aromatic nitrogens is 2. The summed E-state index contributed by atoms with van der Waals surface area (Å²) in [5, 5.41) is 13.9. The molecule has 0 spiro atoms. The number of carboxylic acid groups (broad SMARTS) is 1. The number of rotatable bonds is 5. The Balaban J connectivity index is 1.35. The van der Waals surface area contributed by atoms with Crippen molar-refractivity contribution in [1.29, 1.82) is 0 Å². The lowest BCUT2D eigenvalue weighted by molar-refractivity contribution is 0.1000. The van der Waals surface area contributed by atoms with Crippen LogP contribution in [0.1, 0.15) is 32.8 Å². The van der Waals surface area contributed by atoms with E-state index in [-0.39, 0.29) is 11.5 Å². The SMILES string of the molecule is CC(C)(C)C1C=C(c2cccnc2Oc2ccc(Nc3nc4ccccc4s3)cc2)CCN1C(=O)O. The van der Waals surface area contributed by atoms with Crippen molar-refractivity contribution in [3.05, 3.63) is 78.5 Å². The minimum Gasteiger partial charge on any atom is -0.465 e. The molecule has 0 bridgehead atoms. The Morgan fingerprint density at radius 2 is 1.89 bits per heavy atom. The molecule has 5 rings (SSSR count). The van der Waals surface area contributed by atoms with Gasteiger partial charge >= 0.3 is 6.09 Å². The molecule has 0 radical (unpaired) electrons. The van der Waals surface area contributed by atoms with Gasteiger partial charge in [0.1, 0.15) is 5.75 Å². The number of amides is 1. The summed E-state index contributed by atoms with van der Waals surface area (Å²) in [6, 6.07) is 19.4. The molecule has 1 amide bonds. The van der Waals surface area contributed by atoms with Crippen LogP contribution >= 0.6 is 11.3 Å². The van der Waals surface area contributed by atoms with Crippen molar-refractivity contribution >= 4 is 44.0 Å². The maximum Gasteiger partial charge on any atom is 0.407 e. The number of thiazole rings is 1. The molecule has 4 aromatic rings. The summed E-state index contributed by atoms with van der Waals surface area (Å²) in [5.74, 6) is 1.17. The monoisotopic (exact) mass is 500 g/mol. The van der Waals surface area contributed by atoms with Gasteiger partial charge < -0.3 is 20.1 Å². The second-order valence-electron chi connectivity index (χ2n) is 9.82. The van der Waals surface area contributed by atoms with Crippen LogP contribution in [0.2, 0.25) is 0 Å². The standard InChI is InChI=1S/C28H28N4O3S/c1-28(2,3)24-17-18(14-16-32(24)27(33)34)21-7-6-15-29-25(21)35-20-12-10-19(11-13-20)30-26-31-22-8-4-5-9-23(22)36-26/h4-13,15,17,24H,14,16H2,1-3H3,(H,30,31)(H,33,34). The van der Waals surface area contributed by atoms with Crippen molar-refractivity contribution in [3.8, 4) is 11.6 Å². The maximum absolute atomic E-state index is 11.8. The number of para-hydroxylation sites is 1. The van der Waals surface area contributed by atoms with E-state index in [0.29, 0.717) is 24.6 Å². The minimum atomic E-state index is -0.896. The van der Waals surface area contributed by atoms with Gasteiger partial charge in [-0.2, -0.15) is 0 Å². The van der Waals surface area contributed by atoms with Gasteiger partial charge in [-0.05, 0) is 65.9 Å². The normalized spacial score (nSPS) is 16.0. The first kappa shape index (κ1) is 23.8. The number of carbonyl (C=O) groups is 1. The largest absolute Gasteiger partial charge is 0.465 e. The van der Waals surface area contributed by atoms with Crippen molar-refractivity contribution in [3.63, 3.8) is 0 Å². The number of hydrogen-bond acceptors (Lipinski definition) is 6. The summed E-state index contributed by atoms with van der Waals surface area (Å²) in [6.07, 6.45) is 3.46. The summed E-state index contributed by atoms with van der Waals surface area (Å²) >= 11 is 1.61. The van der Waals surface area contributed by atoms with Gasteiger partial charge in [0.05, 0.1) is 16.3 Å². The molecule has 0 saturated heterocycles. The molecule has 2 aromatic heterocycles. The summed E-state index contributed by atoms with van der Waals surface area (Å²) in [5.41, 5.74) is 3.58. The molecule has 0 aliphatic carbocycles. The zero-order chi connectivity index (χ0) is 25.3. The Kier molecular flexibility index (Phi) is 6.36. The van der Waals surface area contributed by atoms with Crippen LogP contribution in [0.3, 0.4) is 0 Å². The molecular formula is C28H28N4O3S. The fourth-order valence-electron chi connectivity index (χ4n) is 4.38. The Labute approximate surface area is 214 Å². The van der Waals surface area contributed by atoms with E-state index >= 15 is 0 Å². The molecule has 2 aromatic carbocycles. The minimum absolute atomic E-state index is 0.236. The first-order valence-corrected chi connectivity index (χ1v) is 12.7. The van der Waals surface area contributed by atoms with Crippen molar-refractivity contribution in [1.82, 2.24) is 14.9 Å². The highest BCUT2D eigenvalue weighted by Crippen LogP contribution is 2.37. The van der Waals surface area contributed by atoms with Crippen LogP contribution in [0.25, 0.3) is 15.8 Å². The van der Waals surface area contributed by atoms with Crippen molar-refractivity contribution in [2.24, 2.45) is 5.41 Å². The molecule has 1 aliphatic rings. The Hall–Kier alpha value is -3.91. The van der Waals surface area contributed by atoms with Crippen LogP contribution in [-0.2, 0) is 0 Å². The lowest BCUT2D eigenvalue weighted by Crippen LogP contribution is -2.48. The van der Waals surface area contributed by atoms with Crippen LogP contribution in [0.5, 0.6) is 11.6 Å². The van der Waals surface area contributed by atoms with E-state index in [1.807, 2.05) is 60.7 Å². The third kappa shape index (κ3) is 5.04. The van der Waals surface area contributed by atoms with Gasteiger partial charge in [0.25, 0.3) is 0 Å². The molecule has 1 atom stereocenters. The van der Waals surface area contributed by atoms with Gasteiger partial charge in [0, 0.05) is 24.0 Å². The molecule has 2 N–H and O–H groups in total. The number of nitrogens with zero attached hydrogens (tertiary/aromatic N) is 3. The second-order valence-corrected chi connectivity index (χ2v) is 10.9. The van der Waals surface area contributed by atoms with Gasteiger partial charge in [0.2, 0.25) is 5.88 Å². The number of anilines is 2. The van der Waals surface area contributed by atoms with Crippen LogP contribution in [0.15, 0.2) is 72.9 Å². The van der Waals surface area contributed by atoms with Crippen LogP contribution < -0.4 is 10.1 Å². The van der Waals surface area contributed by atoms with Crippen LogP contribution in [0.4, 0.5) is 15.6 Å². The van der Waals surface area contributed by atoms with Gasteiger partial charge in [-0.3, -0.25) is 0 Å². The van der Waals surface area contributed by atoms with Gasteiger partial charge in [0.15, 0.2) is 5.13 Å². The highest BCUT2D eigenvalue weighted by molar-refractivity contribution is 7.22. The summed E-state index contributed by atoms with van der Waals surface area (Å²) in [7, 11) is 0. The average Bonchev–Trinajstić information content (AvgIpc) is 3.27. The van der Waals surface area contributed by atoms with Crippen LogP contribution in [-0.4, -0.2) is 38.7 Å². The van der Waals surface area contributed by atoms with E-state index in [1.54, 1.807) is 17.5 Å². The lowest BCUT2D eigenvalue weighted by Gasteiger charge is -2.40. The summed E-state index contributed by atoms with van der Waals surface area (Å²) in [4.78, 5) is 22.4. The quantitative estimate of drug-likeness (QED) is 0.297. The third-order valence-corrected chi connectivity index (χ3v) is 7.13. The molecule has 184 valence electrons. The van der Waals surface area contributed by atoms with E-state index < -0.39 is 6.09 Å². The predicted molar refractivity (Wildman–Crippen MR) is 144 cm³/mol. The van der Waals surface area contributed by atoms with E-state index in [0.717, 1.165) is 32.2 Å². The zero-order valence-corrected chi connectivity index (χ0v) is 21.2. The fraction of sp³-hybridized carbons (Fsp3) is 0.250. The number of nitrogens with one attached hydrogen (secondary N) is 1. The van der Waals surface area contributed by atoms with Gasteiger partial charge in [-0.15, -0.1) is 0 Å². The average molecular weight is 501 g/mol. The second kappa shape index (κ2) is 9.62. The molecular weight excluding hydrogens is 472 g/mol. The first-order valence-electron chi connectivity index (χ1n) is 11.8. The lowest BCUT2D eigenvalue weighted by atomic mass is 9.81. The molecule has 1 unspecified atom stereocenters. The van der Waals surface area contributed by atoms with E-state index in [4.69, 9.17) is 4.74 Å². The van der Waals surface area contributed by atoms with Crippen LogP contribution in [0, 0.1) is 5.41 Å². The topological polar surface area (TPSA) is 87.6 Å². The van der Waals surface area contributed by atoms with Crippen molar-refractivity contribution < 1.29 is 14.6 Å². The van der Waals surface area contributed by atoms with Crippen molar-refractivity contribution in [2.75, 3.05) is 11.9 Å². The van der Waals surface area contributed by atoms with Gasteiger partial charge in [-0.25, -0.2) is 14.8 Å². The smallest absolute Gasteiger partial charge is 0.407 e. The summed E-state index contributed by atoms with van der Waals surface area (Å²) < 4.78 is 7.33. The Morgan fingerprint density at radius 3 is 2.61 bits per heavy atom. The van der Waals surface area contributed by atoms with Gasteiger partial charge in [-0.1, -0.05) is 50.3 Å². The van der Waals surface area contributed by atoms with Crippen molar-refractivity contribution in [2.45, 2.75) is 33.2 Å². The molecule has 7 nitrogen and oxygen atoms in total. The Bertz CT molecular complexity index is 1390. The zero-order valence-electron chi connectivity index (χ0n) is 20.4. The molecule has 3 heterocycles. The molecule has 0 saturated carbocycles. The van der Waals surface area contributed by atoms with E-state index in [2.05, 4.69) is 42.1 Å². The number of fused-ring (bicyclic) bond motifs is 1. The first-order chi connectivity index (χ1) is 17.3. The van der Waals surface area contributed by atoms with E-state index in [1.165, 1.54) is 4.90 Å². The third-order valence-electron chi connectivity index (χ3n) is 6.18. The number of pyridine rings is 1. The Morgan fingerprint density at radius 1 is 1.11 bits per heavy atom. The fourth-order valence-corrected chi connectivity index (χ4v) is 5.27. The number of benzene rings is 2. The molecule has 8 heteroatoms. The molecule has 0 fully saturated rings. The predicted octanol–water partition coefficient (Wildman–Crippen LogP) is 7.41. The molecule has 36 heavy (non-hydrogen) atoms. The number of ether oxygens (including phenoxy) is 1. The summed E-state index contributed by atoms with van der Waals surface area (Å²) in [6.45, 7) is 6.59. The highest BCUT2D eigenvalue weighted by atomic mass is 32.1. The highest BCUT2D eigenvalue weighted by Gasteiger charge is 2.35. The number of hydrogen-bond donors (Lipinski definition) is 2. The maximum atomic E-state index is 11.8. The van der Waals surface area contributed by atoms with E-state index in [9.17, 15) is 9.90 Å².